The highest BCUT2D eigenvalue weighted by atomic mass is 32.2. The van der Waals surface area contributed by atoms with Crippen LogP contribution in [0.15, 0.2) is 40.3 Å². The maximum absolute atomic E-state index is 13.5. The van der Waals surface area contributed by atoms with Crippen molar-refractivity contribution in [2.75, 3.05) is 5.75 Å². The van der Waals surface area contributed by atoms with Crippen LogP contribution in [0.25, 0.3) is 10.2 Å². The van der Waals surface area contributed by atoms with Gasteiger partial charge in [0, 0.05) is 10.6 Å². The first-order valence-electron chi connectivity index (χ1n) is 9.39. The Morgan fingerprint density at radius 3 is 2.88 bits per heavy atom. The lowest BCUT2D eigenvalue weighted by atomic mass is 9.89. The van der Waals surface area contributed by atoms with Crippen LogP contribution in [0.2, 0.25) is 0 Å². The molecular weight excluding hydrogens is 360 g/mol. The first-order chi connectivity index (χ1) is 12.7. The third-order valence-electron chi connectivity index (χ3n) is 4.99. The Kier molecular flexibility index (Phi) is 5.18. The molecular formula is C21H24N2OS2. The topological polar surface area (TPSA) is 34.9 Å². The first kappa shape index (κ1) is 17.8. The zero-order valence-corrected chi connectivity index (χ0v) is 17.0. The van der Waals surface area contributed by atoms with Gasteiger partial charge in [-0.05, 0) is 42.7 Å². The summed E-state index contributed by atoms with van der Waals surface area (Å²) >= 11 is 3.44. The molecule has 4 rings (SSSR count). The fourth-order valence-corrected chi connectivity index (χ4v) is 5.73. The van der Waals surface area contributed by atoms with E-state index in [4.69, 9.17) is 4.98 Å². The summed E-state index contributed by atoms with van der Waals surface area (Å²) in [4.78, 5) is 20.7. The van der Waals surface area contributed by atoms with Crippen molar-refractivity contribution in [2.24, 2.45) is 5.92 Å². The summed E-state index contributed by atoms with van der Waals surface area (Å²) in [6.07, 6.45) is 4.39. The van der Waals surface area contributed by atoms with Gasteiger partial charge in [0.2, 0.25) is 0 Å². The van der Waals surface area contributed by atoms with E-state index < -0.39 is 0 Å². The second-order valence-corrected chi connectivity index (χ2v) is 9.30. The van der Waals surface area contributed by atoms with E-state index in [1.807, 2.05) is 22.8 Å². The molecule has 1 aliphatic rings. The number of hydrogen-bond donors (Lipinski definition) is 0. The van der Waals surface area contributed by atoms with Crippen LogP contribution in [0.5, 0.6) is 0 Å². The fraction of sp³-hybridized carbons (Fsp3) is 0.429. The van der Waals surface area contributed by atoms with Gasteiger partial charge in [-0.2, -0.15) is 0 Å². The van der Waals surface area contributed by atoms with Crippen LogP contribution in [0.4, 0.5) is 0 Å². The number of hydrogen-bond acceptors (Lipinski definition) is 4. The van der Waals surface area contributed by atoms with Gasteiger partial charge in [0.1, 0.15) is 4.83 Å². The zero-order chi connectivity index (χ0) is 18.1. The third kappa shape index (κ3) is 3.35. The Morgan fingerprint density at radius 1 is 1.31 bits per heavy atom. The molecule has 5 heteroatoms. The molecule has 1 atom stereocenters. The van der Waals surface area contributed by atoms with Gasteiger partial charge >= 0.3 is 0 Å². The van der Waals surface area contributed by atoms with Crippen LogP contribution < -0.4 is 5.56 Å². The Bertz CT molecular complexity index is 975. The molecule has 2 aromatic heterocycles. The van der Waals surface area contributed by atoms with Crippen LogP contribution in [0.1, 0.15) is 42.7 Å². The number of rotatable bonds is 5. The number of aromatic nitrogens is 2. The molecule has 1 aliphatic carbocycles. The van der Waals surface area contributed by atoms with Gasteiger partial charge in [0.15, 0.2) is 5.16 Å². The van der Waals surface area contributed by atoms with E-state index in [1.165, 1.54) is 16.9 Å². The molecule has 3 nitrogen and oxygen atoms in total. The zero-order valence-electron chi connectivity index (χ0n) is 15.3. The summed E-state index contributed by atoms with van der Waals surface area (Å²) < 4.78 is 1.89. The maximum Gasteiger partial charge on any atom is 0.263 e. The highest BCUT2D eigenvalue weighted by Gasteiger charge is 2.24. The van der Waals surface area contributed by atoms with Gasteiger partial charge in [0.25, 0.3) is 5.56 Å². The molecule has 0 fully saturated rings. The largest absolute Gasteiger partial charge is 0.283 e. The second kappa shape index (κ2) is 7.57. The average Bonchev–Trinajstić information content (AvgIpc) is 3.01. The van der Waals surface area contributed by atoms with Crippen LogP contribution >= 0.6 is 23.1 Å². The minimum absolute atomic E-state index is 0.143. The number of thioether (sulfide) groups is 1. The molecule has 3 aromatic rings. The molecule has 1 aromatic carbocycles. The number of thiophene rings is 1. The molecule has 0 bridgehead atoms. The highest BCUT2D eigenvalue weighted by molar-refractivity contribution is 7.99. The van der Waals surface area contributed by atoms with E-state index in [-0.39, 0.29) is 5.56 Å². The second-order valence-electron chi connectivity index (χ2n) is 7.15. The lowest BCUT2D eigenvalue weighted by Crippen LogP contribution is -2.24. The molecule has 136 valence electrons. The SMILES string of the molecule is CCCSc1nc2sc3c(c2c(=O)n1Cc1ccccc1)CC(C)CC3. The van der Waals surface area contributed by atoms with Gasteiger partial charge in [-0.3, -0.25) is 9.36 Å². The predicted octanol–water partition coefficient (Wildman–Crippen LogP) is 5.13. The van der Waals surface area contributed by atoms with Crippen molar-refractivity contribution in [1.29, 1.82) is 0 Å². The molecule has 0 N–H and O–H groups in total. The summed E-state index contributed by atoms with van der Waals surface area (Å²) in [6, 6.07) is 10.2. The minimum Gasteiger partial charge on any atom is -0.283 e. The van der Waals surface area contributed by atoms with Crippen LogP contribution in [0, 0.1) is 5.92 Å². The molecule has 0 aliphatic heterocycles. The molecule has 0 radical (unpaired) electrons. The van der Waals surface area contributed by atoms with Crippen LogP contribution in [-0.2, 0) is 19.4 Å². The van der Waals surface area contributed by atoms with Crippen molar-refractivity contribution >= 4 is 33.3 Å². The number of fused-ring (bicyclic) bond motifs is 3. The molecule has 0 saturated carbocycles. The Morgan fingerprint density at radius 2 is 2.12 bits per heavy atom. The van der Waals surface area contributed by atoms with E-state index >= 15 is 0 Å². The lowest BCUT2D eigenvalue weighted by molar-refractivity contribution is 0.508. The molecule has 26 heavy (non-hydrogen) atoms. The Balaban J connectivity index is 1.87. The lowest BCUT2D eigenvalue weighted by Gasteiger charge is -2.18. The summed E-state index contributed by atoms with van der Waals surface area (Å²) in [5.74, 6) is 1.63. The van der Waals surface area contributed by atoms with E-state index in [1.54, 1.807) is 23.1 Å². The van der Waals surface area contributed by atoms with Crippen LogP contribution in [-0.4, -0.2) is 15.3 Å². The molecule has 1 unspecified atom stereocenters. The van der Waals surface area contributed by atoms with Crippen LogP contribution in [0.3, 0.4) is 0 Å². The van der Waals surface area contributed by atoms with Gasteiger partial charge in [-0.1, -0.05) is 55.9 Å². The van der Waals surface area contributed by atoms with Gasteiger partial charge in [0.05, 0.1) is 11.9 Å². The quantitative estimate of drug-likeness (QED) is 0.452. The summed E-state index contributed by atoms with van der Waals surface area (Å²) in [6.45, 7) is 5.04. The van der Waals surface area contributed by atoms with E-state index in [0.717, 1.165) is 46.0 Å². The molecule has 2 heterocycles. The monoisotopic (exact) mass is 384 g/mol. The normalized spacial score (nSPS) is 16.8. The van der Waals surface area contributed by atoms with E-state index in [9.17, 15) is 4.79 Å². The average molecular weight is 385 g/mol. The first-order valence-corrected chi connectivity index (χ1v) is 11.2. The number of aryl methyl sites for hydroxylation is 1. The van der Waals surface area contributed by atoms with Crippen molar-refractivity contribution in [2.45, 2.75) is 51.2 Å². The summed E-state index contributed by atoms with van der Waals surface area (Å²) in [5.41, 5.74) is 2.56. The highest BCUT2D eigenvalue weighted by Crippen LogP contribution is 2.36. The van der Waals surface area contributed by atoms with Gasteiger partial charge < -0.3 is 0 Å². The molecule has 0 spiro atoms. The van der Waals surface area contributed by atoms with E-state index in [2.05, 4.69) is 26.0 Å². The smallest absolute Gasteiger partial charge is 0.263 e. The van der Waals surface area contributed by atoms with Gasteiger partial charge in [-0.25, -0.2) is 4.98 Å². The maximum atomic E-state index is 13.5. The predicted molar refractivity (Wildman–Crippen MR) is 112 cm³/mol. The molecule has 0 saturated heterocycles. The summed E-state index contributed by atoms with van der Waals surface area (Å²) in [5, 5.41) is 1.74. The Hall–Kier alpha value is -1.59. The molecule has 0 amide bonds. The van der Waals surface area contributed by atoms with Crippen molar-refractivity contribution in [3.8, 4) is 0 Å². The fourth-order valence-electron chi connectivity index (χ4n) is 3.62. The van der Waals surface area contributed by atoms with E-state index in [0.29, 0.717) is 12.5 Å². The minimum atomic E-state index is 0.143. The van der Waals surface area contributed by atoms with Crippen molar-refractivity contribution in [3.05, 3.63) is 56.7 Å². The summed E-state index contributed by atoms with van der Waals surface area (Å²) in [7, 11) is 0. The van der Waals surface area contributed by atoms with Crippen molar-refractivity contribution in [1.82, 2.24) is 9.55 Å². The third-order valence-corrected chi connectivity index (χ3v) is 7.36. The standard InChI is InChI=1S/C21H24N2OS2/c1-3-11-25-21-22-19-18(16-12-14(2)9-10-17(16)26-19)20(24)23(21)13-15-7-5-4-6-8-15/h4-8,14H,3,9-13H2,1-2H3. The van der Waals surface area contributed by atoms with Gasteiger partial charge in [-0.15, -0.1) is 11.3 Å². The Labute approximate surface area is 162 Å². The number of nitrogens with zero attached hydrogens (tertiary/aromatic N) is 2. The number of benzene rings is 1. The van der Waals surface area contributed by atoms with Crippen molar-refractivity contribution in [3.63, 3.8) is 0 Å². The van der Waals surface area contributed by atoms with Crippen molar-refractivity contribution < 1.29 is 0 Å².